The van der Waals surface area contributed by atoms with E-state index in [4.69, 9.17) is 5.73 Å². The normalized spacial score (nSPS) is 21.0. The average molecular weight is 318 g/mol. The van der Waals surface area contributed by atoms with Gasteiger partial charge in [0.1, 0.15) is 11.6 Å². The number of benzene rings is 1. The number of hydrogen-bond acceptors (Lipinski definition) is 3. The number of amides is 1. The maximum atomic E-state index is 13.2. The van der Waals surface area contributed by atoms with E-state index < -0.39 is 0 Å². The fourth-order valence-electron chi connectivity index (χ4n) is 3.39. The zero-order chi connectivity index (χ0) is 16.4. The number of carbonyl (C=O) groups excluding carboxylic acids is 1. The minimum absolute atomic E-state index is 0.0529. The predicted octanol–water partition coefficient (Wildman–Crippen LogP) is 1.89. The summed E-state index contributed by atoms with van der Waals surface area (Å²) in [6.45, 7) is 0.528. The second kappa shape index (κ2) is 6.66. The van der Waals surface area contributed by atoms with Gasteiger partial charge in [0, 0.05) is 38.5 Å². The summed E-state index contributed by atoms with van der Waals surface area (Å²) in [7, 11) is 1.90. The molecule has 1 aliphatic carbocycles. The number of halogens is 1. The quantitative estimate of drug-likeness (QED) is 0.884. The Balaban J connectivity index is 1.54. The zero-order valence-electron chi connectivity index (χ0n) is 13.4. The topological polar surface area (TPSA) is 72.9 Å². The summed E-state index contributed by atoms with van der Waals surface area (Å²) in [5.74, 6) is 0.915. The molecule has 0 aliphatic heterocycles. The SMILES string of the molecule is Cn1c(CCNC(=O)C[C@@H]2CCC[C@H]2N)nc2cc(F)ccc21. The van der Waals surface area contributed by atoms with Gasteiger partial charge in [-0.15, -0.1) is 0 Å². The maximum absolute atomic E-state index is 13.2. The number of nitrogens with zero attached hydrogens (tertiary/aromatic N) is 2. The van der Waals surface area contributed by atoms with Gasteiger partial charge in [-0.3, -0.25) is 4.79 Å². The first-order valence-electron chi connectivity index (χ1n) is 8.17. The highest BCUT2D eigenvalue weighted by molar-refractivity contribution is 5.77. The molecule has 1 aromatic heterocycles. The largest absolute Gasteiger partial charge is 0.356 e. The van der Waals surface area contributed by atoms with Gasteiger partial charge in [-0.05, 0) is 30.9 Å². The number of fused-ring (bicyclic) bond motifs is 1. The lowest BCUT2D eigenvalue weighted by Crippen LogP contribution is -2.32. The molecule has 1 heterocycles. The fraction of sp³-hybridized carbons (Fsp3) is 0.529. The van der Waals surface area contributed by atoms with Crippen molar-refractivity contribution in [2.45, 2.75) is 38.1 Å². The summed E-state index contributed by atoms with van der Waals surface area (Å²) in [5, 5.41) is 2.94. The molecule has 1 aliphatic rings. The molecule has 0 spiro atoms. The van der Waals surface area contributed by atoms with Crippen LogP contribution in [-0.2, 0) is 18.3 Å². The van der Waals surface area contributed by atoms with E-state index >= 15 is 0 Å². The minimum atomic E-state index is -0.289. The Kier molecular flexibility index (Phi) is 4.61. The summed E-state index contributed by atoms with van der Waals surface area (Å²) in [4.78, 5) is 16.4. The van der Waals surface area contributed by atoms with E-state index in [1.54, 1.807) is 6.07 Å². The molecule has 0 saturated heterocycles. The van der Waals surface area contributed by atoms with Crippen molar-refractivity contribution in [3.8, 4) is 0 Å². The highest BCUT2D eigenvalue weighted by atomic mass is 19.1. The number of carbonyl (C=O) groups is 1. The Labute approximate surface area is 135 Å². The van der Waals surface area contributed by atoms with Gasteiger partial charge in [0.05, 0.1) is 11.0 Å². The Morgan fingerprint density at radius 3 is 3.04 bits per heavy atom. The number of aryl methyl sites for hydroxylation is 1. The summed E-state index contributed by atoms with van der Waals surface area (Å²) in [5.41, 5.74) is 7.54. The zero-order valence-corrected chi connectivity index (χ0v) is 13.4. The van der Waals surface area contributed by atoms with E-state index in [0.29, 0.717) is 30.8 Å². The monoisotopic (exact) mass is 318 g/mol. The van der Waals surface area contributed by atoms with E-state index in [1.165, 1.54) is 12.1 Å². The summed E-state index contributed by atoms with van der Waals surface area (Å²) in [6.07, 6.45) is 4.32. The van der Waals surface area contributed by atoms with Crippen molar-refractivity contribution in [2.24, 2.45) is 18.7 Å². The molecule has 6 heteroatoms. The molecular weight excluding hydrogens is 295 g/mol. The molecule has 1 saturated carbocycles. The first-order valence-corrected chi connectivity index (χ1v) is 8.17. The highest BCUT2D eigenvalue weighted by Crippen LogP contribution is 2.26. The van der Waals surface area contributed by atoms with Crippen LogP contribution >= 0.6 is 0 Å². The molecule has 1 aromatic carbocycles. The summed E-state index contributed by atoms with van der Waals surface area (Å²) in [6, 6.07) is 4.75. The van der Waals surface area contributed by atoms with Crippen LogP contribution in [0.2, 0.25) is 0 Å². The standard InChI is InChI=1S/C17H23FN4O/c1-22-15-6-5-12(18)10-14(15)21-16(22)7-8-20-17(23)9-11-3-2-4-13(11)19/h5-6,10-11,13H,2-4,7-9,19H2,1H3,(H,20,23)/t11-,13+/m0/s1. The molecule has 1 fully saturated rings. The van der Waals surface area contributed by atoms with Gasteiger partial charge in [-0.1, -0.05) is 6.42 Å². The van der Waals surface area contributed by atoms with Crippen molar-refractivity contribution in [1.29, 1.82) is 0 Å². The Bertz CT molecular complexity index is 712. The van der Waals surface area contributed by atoms with Crippen LogP contribution < -0.4 is 11.1 Å². The van der Waals surface area contributed by atoms with Crippen molar-refractivity contribution in [3.63, 3.8) is 0 Å². The summed E-state index contributed by atoms with van der Waals surface area (Å²) < 4.78 is 15.2. The van der Waals surface area contributed by atoms with Crippen molar-refractivity contribution < 1.29 is 9.18 Å². The summed E-state index contributed by atoms with van der Waals surface area (Å²) >= 11 is 0. The molecule has 3 rings (SSSR count). The van der Waals surface area contributed by atoms with Gasteiger partial charge in [0.25, 0.3) is 0 Å². The minimum Gasteiger partial charge on any atom is -0.356 e. The lowest BCUT2D eigenvalue weighted by molar-refractivity contribution is -0.122. The lowest BCUT2D eigenvalue weighted by atomic mass is 10.00. The number of imidazole rings is 1. The van der Waals surface area contributed by atoms with Crippen LogP contribution in [0, 0.1) is 11.7 Å². The first-order chi connectivity index (χ1) is 11.0. The van der Waals surface area contributed by atoms with E-state index in [9.17, 15) is 9.18 Å². The third kappa shape index (κ3) is 3.52. The molecule has 3 N–H and O–H groups in total. The van der Waals surface area contributed by atoms with E-state index in [-0.39, 0.29) is 17.8 Å². The Morgan fingerprint density at radius 1 is 1.48 bits per heavy atom. The van der Waals surface area contributed by atoms with Crippen molar-refractivity contribution in [2.75, 3.05) is 6.54 Å². The number of hydrogen-bond donors (Lipinski definition) is 2. The highest BCUT2D eigenvalue weighted by Gasteiger charge is 2.25. The van der Waals surface area contributed by atoms with Crippen molar-refractivity contribution in [3.05, 3.63) is 29.8 Å². The van der Waals surface area contributed by atoms with Crippen LogP contribution in [0.1, 0.15) is 31.5 Å². The Morgan fingerprint density at radius 2 is 2.30 bits per heavy atom. The van der Waals surface area contributed by atoms with Gasteiger partial charge < -0.3 is 15.6 Å². The third-order valence-electron chi connectivity index (χ3n) is 4.77. The van der Waals surface area contributed by atoms with Crippen LogP contribution in [0.25, 0.3) is 11.0 Å². The number of nitrogens with one attached hydrogen (secondary N) is 1. The molecule has 1 amide bonds. The van der Waals surface area contributed by atoms with Crippen LogP contribution in [0.4, 0.5) is 4.39 Å². The molecule has 0 unspecified atom stereocenters. The molecule has 23 heavy (non-hydrogen) atoms. The van der Waals surface area contributed by atoms with Gasteiger partial charge in [-0.25, -0.2) is 9.37 Å². The van der Waals surface area contributed by atoms with Gasteiger partial charge in [0.15, 0.2) is 0 Å². The van der Waals surface area contributed by atoms with Crippen LogP contribution in [0.15, 0.2) is 18.2 Å². The molecule has 5 nitrogen and oxygen atoms in total. The second-order valence-electron chi connectivity index (χ2n) is 6.38. The number of rotatable bonds is 5. The lowest BCUT2D eigenvalue weighted by Gasteiger charge is -2.14. The smallest absolute Gasteiger partial charge is 0.220 e. The number of nitrogens with two attached hydrogens (primary N) is 1. The van der Waals surface area contributed by atoms with E-state index in [1.807, 2.05) is 11.6 Å². The third-order valence-corrected chi connectivity index (χ3v) is 4.77. The molecule has 124 valence electrons. The van der Waals surface area contributed by atoms with E-state index in [0.717, 1.165) is 30.6 Å². The fourth-order valence-corrected chi connectivity index (χ4v) is 3.39. The molecular formula is C17H23FN4O. The van der Waals surface area contributed by atoms with Crippen molar-refractivity contribution in [1.82, 2.24) is 14.9 Å². The van der Waals surface area contributed by atoms with Crippen LogP contribution in [0.3, 0.4) is 0 Å². The maximum Gasteiger partial charge on any atom is 0.220 e. The molecule has 0 radical (unpaired) electrons. The molecule has 0 bridgehead atoms. The average Bonchev–Trinajstić information content (AvgIpc) is 3.03. The first kappa shape index (κ1) is 15.9. The van der Waals surface area contributed by atoms with Crippen LogP contribution in [-0.4, -0.2) is 28.0 Å². The Hall–Kier alpha value is -1.95. The second-order valence-corrected chi connectivity index (χ2v) is 6.38. The number of aromatic nitrogens is 2. The van der Waals surface area contributed by atoms with Gasteiger partial charge in [-0.2, -0.15) is 0 Å². The molecule has 2 atom stereocenters. The van der Waals surface area contributed by atoms with Gasteiger partial charge in [0.2, 0.25) is 5.91 Å². The van der Waals surface area contributed by atoms with E-state index in [2.05, 4.69) is 10.3 Å². The van der Waals surface area contributed by atoms with Crippen LogP contribution in [0.5, 0.6) is 0 Å². The molecule has 2 aromatic rings. The van der Waals surface area contributed by atoms with Gasteiger partial charge >= 0.3 is 0 Å². The van der Waals surface area contributed by atoms with Crippen molar-refractivity contribution >= 4 is 16.9 Å². The predicted molar refractivity (Wildman–Crippen MR) is 87.3 cm³/mol.